The van der Waals surface area contributed by atoms with Crippen LogP contribution in [0.25, 0.3) is 0 Å². The Morgan fingerprint density at radius 1 is 1.04 bits per heavy atom. The Labute approximate surface area is 156 Å². The lowest BCUT2D eigenvalue weighted by Crippen LogP contribution is -2.42. The molecule has 2 N–H and O–H groups in total. The molecule has 9 nitrogen and oxygen atoms in total. The summed E-state index contributed by atoms with van der Waals surface area (Å²) in [6, 6.07) is 5.70. The van der Waals surface area contributed by atoms with Crippen molar-refractivity contribution >= 4 is 21.8 Å². The van der Waals surface area contributed by atoms with Crippen molar-refractivity contribution in [2.75, 3.05) is 13.1 Å². The Morgan fingerprint density at radius 3 is 2.41 bits per heavy atom. The van der Waals surface area contributed by atoms with Crippen LogP contribution in [0.2, 0.25) is 0 Å². The van der Waals surface area contributed by atoms with Gasteiger partial charge < -0.3 is 0 Å². The number of aryl methyl sites for hydroxylation is 1. The Balaban J connectivity index is 1.68. The van der Waals surface area contributed by atoms with Crippen LogP contribution in [0.15, 0.2) is 41.6 Å². The van der Waals surface area contributed by atoms with Crippen molar-refractivity contribution in [3.63, 3.8) is 0 Å². The number of hydrogen-bond acceptors (Lipinski definition) is 6. The van der Waals surface area contributed by atoms with Crippen LogP contribution in [0, 0.1) is 6.92 Å². The fourth-order valence-electron chi connectivity index (χ4n) is 2.63. The first-order valence-corrected chi connectivity index (χ1v) is 9.81. The number of benzene rings is 1. The summed E-state index contributed by atoms with van der Waals surface area (Å²) in [6.45, 7) is 2.69. The molecule has 1 fully saturated rings. The van der Waals surface area contributed by atoms with Crippen LogP contribution < -0.4 is 10.9 Å². The molecule has 1 aromatic heterocycles. The number of aromatic nitrogens is 2. The minimum Gasteiger partial charge on any atom is -0.267 e. The average Bonchev–Trinajstić information content (AvgIpc) is 3.22. The van der Waals surface area contributed by atoms with Crippen LogP contribution >= 0.6 is 0 Å². The van der Waals surface area contributed by atoms with E-state index in [4.69, 9.17) is 0 Å². The summed E-state index contributed by atoms with van der Waals surface area (Å²) in [5, 5.41) is 0. The van der Waals surface area contributed by atoms with Crippen molar-refractivity contribution in [1.82, 2.24) is 25.1 Å². The zero-order valence-corrected chi connectivity index (χ0v) is 15.5. The molecule has 142 valence electrons. The van der Waals surface area contributed by atoms with Crippen molar-refractivity contribution in [2.24, 2.45) is 0 Å². The molecular formula is C17H19N5O4S. The molecule has 1 aliphatic heterocycles. The highest BCUT2D eigenvalue weighted by molar-refractivity contribution is 7.89. The van der Waals surface area contributed by atoms with Crippen molar-refractivity contribution in [3.05, 3.63) is 53.6 Å². The lowest BCUT2D eigenvalue weighted by Gasteiger charge is -2.16. The highest BCUT2D eigenvalue weighted by Gasteiger charge is 2.27. The fourth-order valence-corrected chi connectivity index (χ4v) is 4.20. The van der Waals surface area contributed by atoms with E-state index in [1.165, 1.54) is 41.0 Å². The summed E-state index contributed by atoms with van der Waals surface area (Å²) in [7, 11) is -3.63. The van der Waals surface area contributed by atoms with Gasteiger partial charge in [-0.05, 0) is 38.0 Å². The largest absolute Gasteiger partial charge is 0.289 e. The number of sulfonamides is 1. The molecule has 0 radical (unpaired) electrons. The summed E-state index contributed by atoms with van der Waals surface area (Å²) < 4.78 is 26.6. The van der Waals surface area contributed by atoms with Gasteiger partial charge in [0.1, 0.15) is 5.69 Å². The van der Waals surface area contributed by atoms with E-state index in [1.54, 1.807) is 6.92 Å². The highest BCUT2D eigenvalue weighted by atomic mass is 32.2. The highest BCUT2D eigenvalue weighted by Crippen LogP contribution is 2.21. The second-order valence-corrected chi connectivity index (χ2v) is 8.03. The van der Waals surface area contributed by atoms with Crippen molar-refractivity contribution in [1.29, 1.82) is 0 Å². The van der Waals surface area contributed by atoms with Gasteiger partial charge >= 0.3 is 0 Å². The molecule has 0 atom stereocenters. The Kier molecular flexibility index (Phi) is 5.47. The lowest BCUT2D eigenvalue weighted by molar-refractivity contribution is 0.0843. The Hall–Kier alpha value is -2.85. The van der Waals surface area contributed by atoms with Gasteiger partial charge in [0, 0.05) is 24.8 Å². The first-order chi connectivity index (χ1) is 12.9. The van der Waals surface area contributed by atoms with Crippen LogP contribution in [0.1, 0.15) is 39.4 Å². The summed E-state index contributed by atoms with van der Waals surface area (Å²) in [5.74, 6) is -1.27. The Bertz CT molecular complexity index is 954. The Morgan fingerprint density at radius 2 is 1.74 bits per heavy atom. The topological polar surface area (TPSA) is 121 Å². The number of carbonyl (C=O) groups is 2. The van der Waals surface area contributed by atoms with Gasteiger partial charge in [-0.25, -0.2) is 13.4 Å². The molecule has 2 aromatic rings. The molecule has 2 amide bonds. The molecule has 1 aromatic carbocycles. The molecule has 2 heterocycles. The predicted molar refractivity (Wildman–Crippen MR) is 96.1 cm³/mol. The van der Waals surface area contributed by atoms with Crippen LogP contribution in [0.5, 0.6) is 0 Å². The van der Waals surface area contributed by atoms with Gasteiger partial charge in [0.25, 0.3) is 11.8 Å². The number of hydrazine groups is 1. The van der Waals surface area contributed by atoms with Crippen LogP contribution in [-0.4, -0.2) is 47.6 Å². The van der Waals surface area contributed by atoms with Crippen molar-refractivity contribution in [3.8, 4) is 0 Å². The van der Waals surface area contributed by atoms with E-state index in [0.717, 1.165) is 12.8 Å². The third kappa shape index (κ3) is 4.29. The predicted octanol–water partition coefficient (Wildman–Crippen LogP) is 0.644. The maximum atomic E-state index is 12.6. The zero-order chi connectivity index (χ0) is 19.4. The molecule has 3 rings (SSSR count). The van der Waals surface area contributed by atoms with Gasteiger partial charge in [-0.1, -0.05) is 6.07 Å². The SMILES string of the molecule is Cc1cnc(C(=O)NNC(=O)c2cccc(S(=O)(=O)N3CCCC3)c2)cn1. The van der Waals surface area contributed by atoms with Gasteiger partial charge in [0.2, 0.25) is 10.0 Å². The van der Waals surface area contributed by atoms with E-state index in [0.29, 0.717) is 18.8 Å². The molecule has 27 heavy (non-hydrogen) atoms. The third-order valence-corrected chi connectivity index (χ3v) is 6.00. The molecule has 1 saturated heterocycles. The number of hydrogen-bond donors (Lipinski definition) is 2. The number of carbonyl (C=O) groups excluding carboxylic acids is 2. The summed E-state index contributed by atoms with van der Waals surface area (Å²) in [4.78, 5) is 32.1. The van der Waals surface area contributed by atoms with E-state index >= 15 is 0 Å². The zero-order valence-electron chi connectivity index (χ0n) is 14.7. The van der Waals surface area contributed by atoms with E-state index in [9.17, 15) is 18.0 Å². The van der Waals surface area contributed by atoms with Gasteiger partial charge in [-0.2, -0.15) is 4.31 Å². The van der Waals surface area contributed by atoms with Gasteiger partial charge in [-0.15, -0.1) is 0 Å². The molecule has 1 aliphatic rings. The number of rotatable bonds is 4. The van der Waals surface area contributed by atoms with Crippen molar-refractivity contribution in [2.45, 2.75) is 24.7 Å². The normalized spacial score (nSPS) is 14.7. The smallest absolute Gasteiger partial charge is 0.267 e. The van der Waals surface area contributed by atoms with Crippen LogP contribution in [-0.2, 0) is 10.0 Å². The fraction of sp³-hybridized carbons (Fsp3) is 0.294. The first kappa shape index (κ1) is 18.9. The van der Waals surface area contributed by atoms with Crippen LogP contribution in [0.4, 0.5) is 0 Å². The van der Waals surface area contributed by atoms with Gasteiger partial charge in [-0.3, -0.25) is 25.4 Å². The molecular weight excluding hydrogens is 370 g/mol. The number of nitrogens with zero attached hydrogens (tertiary/aromatic N) is 3. The van der Waals surface area contributed by atoms with Crippen molar-refractivity contribution < 1.29 is 18.0 Å². The average molecular weight is 389 g/mol. The summed E-state index contributed by atoms with van der Waals surface area (Å²) >= 11 is 0. The van der Waals surface area contributed by atoms with E-state index in [2.05, 4.69) is 20.8 Å². The lowest BCUT2D eigenvalue weighted by atomic mass is 10.2. The first-order valence-electron chi connectivity index (χ1n) is 8.37. The quantitative estimate of drug-likeness (QED) is 0.741. The second kappa shape index (κ2) is 7.80. The monoisotopic (exact) mass is 389 g/mol. The minimum absolute atomic E-state index is 0.0475. The van der Waals surface area contributed by atoms with Gasteiger partial charge in [0.05, 0.1) is 16.8 Å². The second-order valence-electron chi connectivity index (χ2n) is 6.09. The molecule has 0 spiro atoms. The third-order valence-electron chi connectivity index (χ3n) is 4.10. The number of nitrogens with one attached hydrogen (secondary N) is 2. The maximum Gasteiger partial charge on any atom is 0.289 e. The molecule has 0 saturated carbocycles. The van der Waals surface area contributed by atoms with E-state index in [1.807, 2.05) is 0 Å². The van der Waals surface area contributed by atoms with Gasteiger partial charge in [0.15, 0.2) is 0 Å². The molecule has 0 unspecified atom stereocenters. The number of amides is 2. The van der Waals surface area contributed by atoms with E-state index < -0.39 is 21.8 Å². The summed E-state index contributed by atoms with van der Waals surface area (Å²) in [5.41, 5.74) is 5.30. The minimum atomic E-state index is -3.63. The van der Waals surface area contributed by atoms with E-state index in [-0.39, 0.29) is 16.2 Å². The maximum absolute atomic E-state index is 12.6. The molecule has 0 aliphatic carbocycles. The van der Waals surface area contributed by atoms with Crippen LogP contribution in [0.3, 0.4) is 0 Å². The molecule has 10 heteroatoms. The summed E-state index contributed by atoms with van der Waals surface area (Å²) in [6.07, 6.45) is 4.38. The standard InChI is InChI=1S/C17H19N5O4S/c1-12-10-19-15(11-18-12)17(24)21-20-16(23)13-5-4-6-14(9-13)27(25,26)22-7-2-3-8-22/h4-6,9-11H,2-3,7-8H2,1H3,(H,20,23)(H,21,24). The molecule has 0 bridgehead atoms.